The number of piperidine rings is 1. The third-order valence-corrected chi connectivity index (χ3v) is 6.70. The van der Waals surface area contributed by atoms with Gasteiger partial charge in [0.05, 0.1) is 19.2 Å². The highest BCUT2D eigenvalue weighted by atomic mass is 16.5. The predicted octanol–water partition coefficient (Wildman–Crippen LogP) is 4.08. The molecule has 0 unspecified atom stereocenters. The second-order valence-corrected chi connectivity index (χ2v) is 8.81. The van der Waals surface area contributed by atoms with Crippen LogP contribution in [-0.2, 0) is 0 Å². The van der Waals surface area contributed by atoms with Crippen molar-refractivity contribution in [3.8, 4) is 11.5 Å². The Hall–Kier alpha value is -1.85. The van der Waals surface area contributed by atoms with Gasteiger partial charge in [-0.05, 0) is 83.0 Å². The first-order chi connectivity index (χ1) is 14.1. The lowest BCUT2D eigenvalue weighted by molar-refractivity contribution is 0.234. The van der Waals surface area contributed by atoms with Crippen LogP contribution < -0.4 is 9.47 Å². The molecular weight excluding hydrogens is 362 g/mol. The van der Waals surface area contributed by atoms with E-state index in [2.05, 4.69) is 48.9 Å². The van der Waals surface area contributed by atoms with Crippen molar-refractivity contribution in [2.75, 3.05) is 53.5 Å². The van der Waals surface area contributed by atoms with Gasteiger partial charge in [0.2, 0.25) is 0 Å². The lowest BCUT2D eigenvalue weighted by atomic mass is 9.87. The number of aryl methyl sites for hydroxylation is 1. The summed E-state index contributed by atoms with van der Waals surface area (Å²) in [6, 6.07) is 6.51. The van der Waals surface area contributed by atoms with Gasteiger partial charge in [-0.1, -0.05) is 6.92 Å². The Kier molecular flexibility index (Phi) is 6.26. The minimum Gasteiger partial charge on any atom is -0.493 e. The van der Waals surface area contributed by atoms with Gasteiger partial charge in [-0.2, -0.15) is 0 Å². The van der Waals surface area contributed by atoms with Crippen LogP contribution in [0.5, 0.6) is 11.5 Å². The topological polar surface area (TPSA) is 37.8 Å². The molecule has 1 aromatic heterocycles. The summed E-state index contributed by atoms with van der Waals surface area (Å²) in [6.07, 6.45) is 3.61. The van der Waals surface area contributed by atoms with Crippen molar-refractivity contribution in [2.24, 2.45) is 5.92 Å². The number of pyridine rings is 1. The van der Waals surface area contributed by atoms with E-state index in [1.807, 2.05) is 0 Å². The largest absolute Gasteiger partial charge is 0.493 e. The second-order valence-electron chi connectivity index (χ2n) is 8.81. The number of nitrogens with zero attached hydrogens (tertiary/aromatic N) is 3. The Balaban J connectivity index is 1.60. The molecule has 2 fully saturated rings. The van der Waals surface area contributed by atoms with Gasteiger partial charge in [-0.3, -0.25) is 4.98 Å². The molecule has 158 valence electrons. The van der Waals surface area contributed by atoms with E-state index in [9.17, 15) is 0 Å². The van der Waals surface area contributed by atoms with Crippen molar-refractivity contribution in [1.82, 2.24) is 14.8 Å². The number of benzene rings is 1. The maximum Gasteiger partial charge on any atom is 0.163 e. The summed E-state index contributed by atoms with van der Waals surface area (Å²) < 4.78 is 12.0. The van der Waals surface area contributed by atoms with Crippen LogP contribution in [0.1, 0.15) is 43.4 Å². The summed E-state index contributed by atoms with van der Waals surface area (Å²) in [6.45, 7) is 10.8. The van der Waals surface area contributed by atoms with E-state index >= 15 is 0 Å². The first-order valence-electron chi connectivity index (χ1n) is 11.1. The third kappa shape index (κ3) is 4.51. The molecule has 3 heterocycles. The highest BCUT2D eigenvalue weighted by Crippen LogP contribution is 2.38. The number of hydrogen-bond donors (Lipinski definition) is 0. The lowest BCUT2D eigenvalue weighted by Crippen LogP contribution is -2.29. The number of rotatable bonds is 6. The molecule has 1 atom stereocenters. The smallest absolute Gasteiger partial charge is 0.163 e. The van der Waals surface area contributed by atoms with E-state index in [0.29, 0.717) is 11.8 Å². The van der Waals surface area contributed by atoms with Gasteiger partial charge in [0.15, 0.2) is 11.5 Å². The molecule has 0 bridgehead atoms. The highest BCUT2D eigenvalue weighted by Gasteiger charge is 2.24. The average Bonchev–Trinajstić information content (AvgIpc) is 3.19. The number of hydrogen-bond acceptors (Lipinski definition) is 5. The van der Waals surface area contributed by atoms with Gasteiger partial charge >= 0.3 is 0 Å². The van der Waals surface area contributed by atoms with E-state index in [0.717, 1.165) is 55.5 Å². The maximum absolute atomic E-state index is 6.25. The van der Waals surface area contributed by atoms with E-state index in [-0.39, 0.29) is 0 Å². The Morgan fingerprint density at radius 2 is 1.86 bits per heavy atom. The molecule has 0 saturated carbocycles. The predicted molar refractivity (Wildman–Crippen MR) is 118 cm³/mol. The molecule has 2 aliphatic heterocycles. The first kappa shape index (κ1) is 20.4. The molecule has 5 nitrogen and oxygen atoms in total. The van der Waals surface area contributed by atoms with Gasteiger partial charge < -0.3 is 19.3 Å². The normalized spacial score (nSPS) is 21.7. The number of methoxy groups -OCH3 is 1. The van der Waals surface area contributed by atoms with Crippen molar-refractivity contribution in [1.29, 1.82) is 0 Å². The number of aromatic nitrogens is 1. The fourth-order valence-corrected chi connectivity index (χ4v) is 4.87. The molecule has 0 spiro atoms. The van der Waals surface area contributed by atoms with E-state index in [1.165, 1.54) is 36.8 Å². The Morgan fingerprint density at radius 3 is 2.55 bits per heavy atom. The minimum absolute atomic E-state index is 0.588. The first-order valence-corrected chi connectivity index (χ1v) is 11.1. The molecule has 2 aromatic rings. The SMILES string of the molecule is CCN1CC[C@@H](COc2cc3nc(C)cc(C4CCN(C)CC4)c3cc2OC)C1. The van der Waals surface area contributed by atoms with Crippen LogP contribution in [0, 0.1) is 12.8 Å². The van der Waals surface area contributed by atoms with Gasteiger partial charge in [0.25, 0.3) is 0 Å². The maximum atomic E-state index is 6.25. The standard InChI is InChI=1S/C24H35N3O2/c1-5-27-11-6-18(15-27)16-29-24-14-22-21(13-23(24)28-4)20(12-17(2)25-22)19-7-9-26(3)10-8-19/h12-14,18-19H,5-11,15-16H2,1-4H3/t18-/m1/s1. The number of ether oxygens (including phenoxy) is 2. The highest BCUT2D eigenvalue weighted by molar-refractivity contribution is 5.86. The van der Waals surface area contributed by atoms with Crippen LogP contribution in [0.4, 0.5) is 0 Å². The molecule has 0 radical (unpaired) electrons. The van der Waals surface area contributed by atoms with Crippen molar-refractivity contribution in [3.05, 3.63) is 29.5 Å². The van der Waals surface area contributed by atoms with Crippen LogP contribution >= 0.6 is 0 Å². The lowest BCUT2D eigenvalue weighted by Gasteiger charge is -2.30. The van der Waals surface area contributed by atoms with E-state index in [1.54, 1.807) is 7.11 Å². The van der Waals surface area contributed by atoms with Crippen molar-refractivity contribution < 1.29 is 9.47 Å². The molecule has 29 heavy (non-hydrogen) atoms. The fraction of sp³-hybridized carbons (Fsp3) is 0.625. The molecular formula is C24H35N3O2. The van der Waals surface area contributed by atoms with Crippen molar-refractivity contribution >= 4 is 10.9 Å². The number of likely N-dealkylation sites (tertiary alicyclic amines) is 2. The molecule has 0 aliphatic carbocycles. The molecule has 5 heteroatoms. The Bertz CT molecular complexity index is 846. The zero-order valence-electron chi connectivity index (χ0n) is 18.4. The molecule has 0 amide bonds. The van der Waals surface area contributed by atoms with Crippen LogP contribution in [0.3, 0.4) is 0 Å². The summed E-state index contributed by atoms with van der Waals surface area (Å²) in [5.74, 6) is 2.83. The summed E-state index contributed by atoms with van der Waals surface area (Å²) >= 11 is 0. The van der Waals surface area contributed by atoms with E-state index < -0.39 is 0 Å². The second kappa shape index (κ2) is 8.88. The van der Waals surface area contributed by atoms with Crippen molar-refractivity contribution in [3.63, 3.8) is 0 Å². The zero-order chi connectivity index (χ0) is 20.4. The molecule has 2 aliphatic rings. The molecule has 2 saturated heterocycles. The third-order valence-electron chi connectivity index (χ3n) is 6.70. The fourth-order valence-electron chi connectivity index (χ4n) is 4.87. The van der Waals surface area contributed by atoms with Gasteiger partial charge in [-0.15, -0.1) is 0 Å². The minimum atomic E-state index is 0.588. The molecule has 4 rings (SSSR count). The van der Waals surface area contributed by atoms with Gasteiger partial charge in [0.1, 0.15) is 0 Å². The average molecular weight is 398 g/mol. The van der Waals surface area contributed by atoms with Crippen LogP contribution in [0.15, 0.2) is 18.2 Å². The summed E-state index contributed by atoms with van der Waals surface area (Å²) in [5.41, 5.74) is 3.52. The monoisotopic (exact) mass is 397 g/mol. The van der Waals surface area contributed by atoms with Crippen LogP contribution in [-0.4, -0.2) is 68.3 Å². The molecule has 1 aromatic carbocycles. The van der Waals surface area contributed by atoms with Crippen LogP contribution in [0.2, 0.25) is 0 Å². The molecule has 0 N–H and O–H groups in total. The summed E-state index contributed by atoms with van der Waals surface area (Å²) in [5, 5.41) is 1.22. The van der Waals surface area contributed by atoms with Gasteiger partial charge in [-0.25, -0.2) is 0 Å². The number of fused-ring (bicyclic) bond motifs is 1. The summed E-state index contributed by atoms with van der Waals surface area (Å²) in [7, 11) is 3.95. The Labute approximate surface area is 175 Å². The van der Waals surface area contributed by atoms with Crippen LogP contribution in [0.25, 0.3) is 10.9 Å². The van der Waals surface area contributed by atoms with Crippen molar-refractivity contribution in [2.45, 2.75) is 39.0 Å². The van der Waals surface area contributed by atoms with Gasteiger partial charge in [0, 0.05) is 29.6 Å². The zero-order valence-corrected chi connectivity index (χ0v) is 18.4. The Morgan fingerprint density at radius 1 is 1.07 bits per heavy atom. The van der Waals surface area contributed by atoms with E-state index in [4.69, 9.17) is 14.5 Å². The quantitative estimate of drug-likeness (QED) is 0.734. The summed E-state index contributed by atoms with van der Waals surface area (Å²) in [4.78, 5) is 9.74.